The molecular weight excluding hydrogens is 1560 g/mol. The summed E-state index contributed by atoms with van der Waals surface area (Å²) in [7, 11) is 0. The fraction of sp³-hybridized carbons (Fsp3) is 0.465. The van der Waals surface area contributed by atoms with Gasteiger partial charge in [0.2, 0.25) is 82.7 Å². The number of aromatic nitrogens is 1. The fourth-order valence-corrected chi connectivity index (χ4v) is 11.3. The monoisotopic (exact) mass is 1650 g/mol. The number of rotatable bonds is 30. The molecule has 1 aliphatic rings. The number of nitrogens with two attached hydrogens (primary N) is 3. The number of cyclic esters (lactones) is 1. The highest BCUT2D eigenvalue weighted by Crippen LogP contribution is 2.25. The molecule has 0 spiro atoms. The average Bonchev–Trinajstić information content (AvgIpc) is 1.74. The number of ketones is 1. The molecule has 4 rings (SSSR count). The van der Waals surface area contributed by atoms with Crippen LogP contribution in [0.4, 0.5) is 5.69 Å². The molecule has 0 radical (unpaired) electrons. The van der Waals surface area contributed by atoms with E-state index in [0.29, 0.717) is 21.5 Å². The number of halogens is 2. The van der Waals surface area contributed by atoms with Crippen LogP contribution >= 0.6 is 23.2 Å². The lowest BCUT2D eigenvalue weighted by molar-refractivity contribution is -0.156. The van der Waals surface area contributed by atoms with Gasteiger partial charge in [-0.15, -0.1) is 0 Å². The predicted octanol–water partition coefficient (Wildman–Crippen LogP) is -4.27. The number of aromatic amines is 1. The van der Waals surface area contributed by atoms with Crippen molar-refractivity contribution in [3.63, 3.8) is 0 Å². The van der Waals surface area contributed by atoms with E-state index in [-0.39, 0.29) is 41.6 Å². The summed E-state index contributed by atoms with van der Waals surface area (Å²) in [5, 5.41) is 68.6. The van der Waals surface area contributed by atoms with E-state index in [1.807, 2.05) is 24.5 Å². The predicted molar refractivity (Wildman–Crippen MR) is 404 cm³/mol. The number of hydrogen-bond acceptors (Lipinski definition) is 23. The van der Waals surface area contributed by atoms with Gasteiger partial charge in [-0.2, -0.15) is 0 Å². The zero-order valence-corrected chi connectivity index (χ0v) is 64.5. The Morgan fingerprint density at radius 3 is 1.74 bits per heavy atom. The number of ether oxygens (including phenoxy) is 1. The minimum atomic E-state index is -2.46. The van der Waals surface area contributed by atoms with Crippen LogP contribution in [0.25, 0.3) is 10.9 Å². The Morgan fingerprint density at radius 1 is 0.591 bits per heavy atom. The molecule has 0 saturated carbocycles. The highest BCUT2D eigenvalue weighted by Gasteiger charge is 2.41. The molecule has 0 aliphatic carbocycles. The number of carboxylic acid groups (broad SMARTS) is 4. The van der Waals surface area contributed by atoms with Crippen molar-refractivity contribution in [3.8, 4) is 0 Å². The van der Waals surface area contributed by atoms with Gasteiger partial charge in [0.1, 0.15) is 72.6 Å². The van der Waals surface area contributed by atoms with Crippen molar-refractivity contribution in [2.75, 3.05) is 25.4 Å². The number of amides is 14. The van der Waals surface area contributed by atoms with Gasteiger partial charge >= 0.3 is 29.8 Å². The number of hydrogen-bond donors (Lipinski definition) is 21. The maximum atomic E-state index is 14.9. The van der Waals surface area contributed by atoms with Crippen molar-refractivity contribution in [2.45, 2.75) is 178 Å². The van der Waals surface area contributed by atoms with Crippen molar-refractivity contribution in [2.24, 2.45) is 23.3 Å². The van der Waals surface area contributed by atoms with E-state index in [9.17, 15) is 116 Å². The first-order valence-corrected chi connectivity index (χ1v) is 36.4. The summed E-state index contributed by atoms with van der Waals surface area (Å²) in [5.41, 5.74) is 17.7. The van der Waals surface area contributed by atoms with Crippen LogP contribution in [-0.4, -0.2) is 236 Å². The molecule has 2 aromatic carbocycles. The van der Waals surface area contributed by atoms with Crippen LogP contribution in [0.15, 0.2) is 66.9 Å². The van der Waals surface area contributed by atoms with Crippen molar-refractivity contribution < 1.29 is 121 Å². The average molecular weight is 1660 g/mol. The van der Waals surface area contributed by atoms with E-state index in [0.717, 1.165) is 52.3 Å². The van der Waals surface area contributed by atoms with Crippen molar-refractivity contribution >= 4 is 158 Å². The molecule has 1 fully saturated rings. The minimum absolute atomic E-state index is 0.0123. The van der Waals surface area contributed by atoms with Gasteiger partial charge in [-0.1, -0.05) is 74.7 Å². The summed E-state index contributed by atoms with van der Waals surface area (Å²) in [6.07, 6.45) is -1.82. The largest absolute Gasteiger partial charge is 0.481 e. The van der Waals surface area contributed by atoms with Crippen molar-refractivity contribution in [1.82, 2.24) is 74.1 Å². The van der Waals surface area contributed by atoms with Crippen LogP contribution in [0.1, 0.15) is 115 Å². The molecule has 1 aromatic heterocycles. The SMILES string of the molecule is CCC(C)C=CC=CC(=O)N[C@@H](Cc1c[nH]c2cc(Cl)ccc12)C(=O)N[C@H](CC(N)=O)C(=O)N[C@@H](CC(=O)O)C(=O)N[C@@H]1C(=O)NCC(=O)N[C@@H](CCCN)C(=O)N[C@@H](CC(=O)O)C(=O)N[C@H](C)C(=O)N[C@@H](CC(=O)O)C(=O)NCC(=O)N[C@H](C)C(=O)N[C@@H]([C@H](C)CC(=O)O)C(=O)N[C@@H](CC(=O)c2ccc(Cl)cc2N)C(=O)O[C@@H]1C. The van der Waals surface area contributed by atoms with Crippen LogP contribution in [0.3, 0.4) is 0 Å². The van der Waals surface area contributed by atoms with Crippen LogP contribution < -0.4 is 86.3 Å². The molecule has 14 amide bonds. The first-order chi connectivity index (χ1) is 54.0. The number of Topliss-reactive ketones (excluding diaryl/α,β-unsaturated/α-hetero) is 1. The Bertz CT molecular complexity index is 4250. The minimum Gasteiger partial charge on any atom is -0.481 e. The van der Waals surface area contributed by atoms with Crippen LogP contribution in [0.2, 0.25) is 10.0 Å². The van der Waals surface area contributed by atoms with E-state index < -0.39 is 255 Å². The van der Waals surface area contributed by atoms with Gasteiger partial charge in [-0.3, -0.25) is 91.1 Å². The number of nitrogens with one attached hydrogen (secondary N) is 14. The summed E-state index contributed by atoms with van der Waals surface area (Å²) in [5.74, 6) is -29.5. The molecule has 1 unspecified atom stereocenters. The van der Waals surface area contributed by atoms with E-state index in [1.165, 1.54) is 18.3 Å². The van der Waals surface area contributed by atoms with Gasteiger partial charge in [0.05, 0.1) is 45.2 Å². The maximum Gasteiger partial charge on any atom is 0.329 e. The molecule has 1 saturated heterocycles. The van der Waals surface area contributed by atoms with E-state index in [2.05, 4.69) is 63.5 Å². The topological polar surface area (TPSA) is 682 Å². The lowest BCUT2D eigenvalue weighted by atomic mass is 9.96. The van der Waals surface area contributed by atoms with Gasteiger partial charge in [0.15, 0.2) is 5.78 Å². The number of aliphatic carboxylic acids is 4. The second-order valence-corrected chi connectivity index (χ2v) is 27.6. The summed E-state index contributed by atoms with van der Waals surface area (Å²) in [6.45, 7) is 5.37. The maximum absolute atomic E-state index is 14.9. The number of carbonyl (C=O) groups is 20. The number of fused-ring (bicyclic) bond motifs is 1. The normalized spacial score (nSPS) is 21.6. The molecule has 3 aromatic rings. The Labute approximate surface area is 665 Å². The molecular formula is C71H93Cl2N17O25. The Hall–Kier alpha value is -12.6. The number of H-pyrrole nitrogens is 1. The van der Waals surface area contributed by atoms with Gasteiger partial charge in [-0.25, -0.2) is 4.79 Å². The number of carbonyl (C=O) groups excluding carboxylic acids is 16. The summed E-state index contributed by atoms with van der Waals surface area (Å²) >= 11 is 12.3. The second-order valence-electron chi connectivity index (χ2n) is 26.7. The van der Waals surface area contributed by atoms with Crippen molar-refractivity contribution in [3.05, 3.63) is 88.1 Å². The standard InChI is InChI=1S/C71H93Cl2N17O25/c1-7-31(2)11-8-9-13-52(93)83-44(20-36-28-77-43-22-38(73)14-16-39(36)43)66(109)85-45(24-51(76)92)67(110)87-48(27-58(102)103)68(111)90-60-35(6)115-71(114)49(23-50(91)40-17-15-37(72)21-41(40)75)88-70(113)59(32(3)19-55(96)97)89-62(105)33(4)80-53(94)29-78-63(106)46(25-56(98)99)84-61(104)34(5)81-65(108)47(26-57(100)101)86-64(107)42(12-10-18-74)82-54(95)30-79-69(60)112/h8-9,11,13-17,21-22,28,31-35,42,44-49,59-60,77H,7,10,12,18-20,23-27,29-30,74-75H2,1-6H3,(H2,76,92)(H,78,106)(H,79,112)(H,80,94)(H,81,108)(H,82,95)(H,83,93)(H,84,104)(H,85,109)(H,86,107)(H,87,110)(H,88,113)(H,89,105)(H,90,111)(H,96,97)(H,98,99)(H,100,101)(H,102,103)/t31?,32-,33-,34-,35-,42+,44+,45-,46+,47+,48+,49+,59+,60+/m1/s1. The van der Waals surface area contributed by atoms with Gasteiger partial charge in [0, 0.05) is 57.3 Å². The molecule has 44 heteroatoms. The van der Waals surface area contributed by atoms with Gasteiger partial charge < -0.3 is 116 Å². The smallest absolute Gasteiger partial charge is 0.329 e. The highest BCUT2D eigenvalue weighted by molar-refractivity contribution is 6.31. The van der Waals surface area contributed by atoms with Gasteiger partial charge in [-0.05, 0) is 87.9 Å². The molecule has 2 heterocycles. The summed E-state index contributed by atoms with van der Waals surface area (Å²) in [4.78, 5) is 276. The van der Waals surface area contributed by atoms with Crippen LogP contribution in [-0.2, 0) is 102 Å². The third-order valence-electron chi connectivity index (χ3n) is 17.3. The fourth-order valence-electron chi connectivity index (χ4n) is 11.0. The summed E-state index contributed by atoms with van der Waals surface area (Å²) < 4.78 is 5.68. The van der Waals surface area contributed by atoms with E-state index in [1.54, 1.807) is 30.4 Å². The lowest BCUT2D eigenvalue weighted by Crippen LogP contribution is -2.61. The molecule has 42 nitrogen and oxygen atoms in total. The number of anilines is 1. The number of esters is 1. The molecule has 14 atom stereocenters. The quantitative estimate of drug-likeness (QED) is 0.00988. The molecule has 1 aliphatic heterocycles. The number of benzene rings is 2. The van der Waals surface area contributed by atoms with Crippen LogP contribution in [0, 0.1) is 11.8 Å². The van der Waals surface area contributed by atoms with Crippen molar-refractivity contribution in [1.29, 1.82) is 0 Å². The second kappa shape index (κ2) is 45.8. The Balaban J connectivity index is 1.90. The number of nitrogen functional groups attached to an aromatic ring is 1. The lowest BCUT2D eigenvalue weighted by Gasteiger charge is -2.30. The molecule has 24 N–H and O–H groups in total. The zero-order valence-electron chi connectivity index (χ0n) is 63.0. The van der Waals surface area contributed by atoms with E-state index >= 15 is 0 Å². The highest BCUT2D eigenvalue weighted by atomic mass is 35.5. The molecule has 0 bridgehead atoms. The number of allylic oxidation sites excluding steroid dienone is 3. The Morgan fingerprint density at radius 2 is 1.14 bits per heavy atom. The zero-order chi connectivity index (χ0) is 86.2. The van der Waals surface area contributed by atoms with Crippen LogP contribution in [0.5, 0.6) is 0 Å². The Kier molecular flexibility index (Phi) is 37.7. The number of primary amides is 1. The summed E-state index contributed by atoms with van der Waals surface area (Å²) in [6, 6.07) is -14.2. The third kappa shape index (κ3) is 31.8. The molecule has 115 heavy (non-hydrogen) atoms. The first kappa shape index (κ1) is 94.8. The first-order valence-electron chi connectivity index (χ1n) is 35.6. The van der Waals surface area contributed by atoms with Gasteiger partial charge in [0.25, 0.3) is 0 Å². The molecule has 626 valence electrons. The van der Waals surface area contributed by atoms with E-state index in [4.69, 9.17) is 45.1 Å². The number of carboxylic acids is 4. The third-order valence-corrected chi connectivity index (χ3v) is 17.8.